The van der Waals surface area contributed by atoms with Crippen LogP contribution in [0.15, 0.2) is 84.3 Å². The Hall–Kier alpha value is -3.48. The van der Waals surface area contributed by atoms with Gasteiger partial charge in [0.1, 0.15) is 11.8 Å². The van der Waals surface area contributed by atoms with Crippen LogP contribution in [0.3, 0.4) is 0 Å². The number of sulfonamides is 2. The third-order valence-electron chi connectivity index (χ3n) is 5.42. The minimum atomic E-state index is -4.79. The van der Waals surface area contributed by atoms with Crippen molar-refractivity contribution in [2.45, 2.75) is 23.4 Å². The maximum Gasteiger partial charge on any atom is 0.324 e. The maximum atomic E-state index is 13.5. The second-order valence-corrected chi connectivity index (χ2v) is 11.1. The summed E-state index contributed by atoms with van der Waals surface area (Å²) in [4.78, 5) is 24.7. The number of carbonyl (C=O) groups excluding carboxylic acids is 1. The number of anilines is 1. The number of aliphatic carboxylic acids is 1. The lowest BCUT2D eigenvalue weighted by atomic mass is 10.0. The van der Waals surface area contributed by atoms with Crippen LogP contribution in [0.2, 0.25) is 0 Å². The van der Waals surface area contributed by atoms with Gasteiger partial charge in [-0.3, -0.25) is 13.9 Å². The van der Waals surface area contributed by atoms with Crippen LogP contribution in [0.1, 0.15) is 6.42 Å². The van der Waals surface area contributed by atoms with Gasteiger partial charge in [-0.15, -0.1) is 0 Å². The number of carboxylic acids is 1. The summed E-state index contributed by atoms with van der Waals surface area (Å²) >= 11 is 0. The molecule has 1 N–H and O–H groups in total. The molecule has 2 aromatic rings. The molecule has 12 heteroatoms. The summed E-state index contributed by atoms with van der Waals surface area (Å²) < 4.78 is 60.0. The summed E-state index contributed by atoms with van der Waals surface area (Å²) in [6.07, 6.45) is 3.39. The predicted molar refractivity (Wildman–Crippen MR) is 129 cm³/mol. The van der Waals surface area contributed by atoms with Crippen LogP contribution in [0.4, 0.5) is 5.69 Å². The first-order valence-electron chi connectivity index (χ1n) is 10.3. The Balaban J connectivity index is 2.20. The molecule has 2 atom stereocenters. The van der Waals surface area contributed by atoms with Crippen molar-refractivity contribution < 1.29 is 36.3 Å². The van der Waals surface area contributed by atoms with Gasteiger partial charge in [0.25, 0.3) is 5.12 Å². The van der Waals surface area contributed by atoms with Gasteiger partial charge in [-0.25, -0.2) is 8.42 Å². The molecule has 10 nitrogen and oxygen atoms in total. The second kappa shape index (κ2) is 10.4. The van der Waals surface area contributed by atoms with E-state index >= 15 is 0 Å². The van der Waals surface area contributed by atoms with Crippen molar-refractivity contribution >= 4 is 36.8 Å². The Morgan fingerprint density at radius 2 is 1.69 bits per heavy atom. The summed E-state index contributed by atoms with van der Waals surface area (Å²) in [6, 6.07) is 9.47. The van der Waals surface area contributed by atoms with E-state index in [1.807, 2.05) is 0 Å². The summed E-state index contributed by atoms with van der Waals surface area (Å²) in [5.41, 5.74) is 0.0102. The minimum absolute atomic E-state index is 0.0102. The van der Waals surface area contributed by atoms with Crippen LogP contribution in [0, 0.1) is 0 Å². The van der Waals surface area contributed by atoms with Crippen molar-refractivity contribution in [2.24, 2.45) is 0 Å². The highest BCUT2D eigenvalue weighted by atomic mass is 32.2. The van der Waals surface area contributed by atoms with Crippen molar-refractivity contribution in [3.63, 3.8) is 0 Å². The van der Waals surface area contributed by atoms with Gasteiger partial charge in [-0.05, 0) is 48.9 Å². The van der Waals surface area contributed by atoms with Crippen LogP contribution < -0.4 is 9.04 Å². The average molecular weight is 521 g/mol. The Bertz CT molecular complexity index is 1340. The molecule has 0 radical (unpaired) electrons. The Kier molecular flexibility index (Phi) is 7.78. The molecule has 0 spiro atoms. The lowest BCUT2D eigenvalue weighted by molar-refractivity contribution is -0.141. The lowest BCUT2D eigenvalue weighted by Crippen LogP contribution is -2.58. The zero-order chi connectivity index (χ0) is 25.8. The number of para-hydroxylation sites is 1. The molecule has 1 aliphatic rings. The van der Waals surface area contributed by atoms with Crippen LogP contribution in [0.25, 0.3) is 0 Å². The number of rotatable bonds is 8. The van der Waals surface area contributed by atoms with Crippen LogP contribution >= 0.6 is 0 Å². The first-order chi connectivity index (χ1) is 16.6. The fourth-order valence-electron chi connectivity index (χ4n) is 3.78. The highest BCUT2D eigenvalue weighted by molar-refractivity contribution is 8.07. The smallest absolute Gasteiger partial charge is 0.324 e. The fraction of sp³-hybridized carbons (Fsp3) is 0.217. The van der Waals surface area contributed by atoms with E-state index in [0.717, 1.165) is 4.31 Å². The van der Waals surface area contributed by atoms with Crippen molar-refractivity contribution in [3.05, 3.63) is 79.4 Å². The number of hydrogen-bond acceptors (Lipinski definition) is 7. The molecule has 0 aromatic heterocycles. The van der Waals surface area contributed by atoms with E-state index in [2.05, 4.69) is 6.58 Å². The molecule has 35 heavy (non-hydrogen) atoms. The number of carbonyl (C=O) groups is 2. The second-order valence-electron chi connectivity index (χ2n) is 7.47. The standard InChI is InChI=1S/C23H24N2O8S2/c1-3-21(26)35(31,32)25(17-9-5-4-6-10-17)20-11-7-8-16-24(22(20)23(27)28)34(29,30)19-14-12-18(33-2)13-15-19/h3-10,12-15,20,22H,1,11,16H2,2H3,(H,27,28). The molecule has 0 saturated heterocycles. The van der Waals surface area contributed by atoms with E-state index in [1.165, 1.54) is 67.8 Å². The fourth-order valence-corrected chi connectivity index (χ4v) is 6.70. The van der Waals surface area contributed by atoms with Crippen molar-refractivity contribution in [2.75, 3.05) is 18.0 Å². The Morgan fingerprint density at radius 1 is 1.06 bits per heavy atom. The molecule has 2 unspecified atom stereocenters. The SMILES string of the molecule is C=CC(=O)S(=O)(=O)N(c1ccccc1)C1CC=CCN(S(=O)(=O)c2ccc(OC)cc2)C1C(=O)O. The maximum absolute atomic E-state index is 13.5. The molecule has 186 valence electrons. The highest BCUT2D eigenvalue weighted by Gasteiger charge is 2.47. The van der Waals surface area contributed by atoms with Gasteiger partial charge in [0.15, 0.2) is 0 Å². The summed E-state index contributed by atoms with van der Waals surface area (Å²) in [6.45, 7) is 2.91. The van der Waals surface area contributed by atoms with E-state index in [4.69, 9.17) is 4.74 Å². The van der Waals surface area contributed by atoms with Gasteiger partial charge in [-0.2, -0.15) is 12.7 Å². The highest BCUT2D eigenvalue weighted by Crippen LogP contribution is 2.32. The number of carboxylic acid groups (broad SMARTS) is 1. The van der Waals surface area contributed by atoms with Crippen LogP contribution in [-0.2, 0) is 29.6 Å². The van der Waals surface area contributed by atoms with Crippen LogP contribution in [0.5, 0.6) is 5.75 Å². The van der Waals surface area contributed by atoms with Gasteiger partial charge in [-0.1, -0.05) is 36.9 Å². The molecule has 0 saturated carbocycles. The number of ether oxygens (including phenoxy) is 1. The summed E-state index contributed by atoms with van der Waals surface area (Å²) in [7, 11) is -7.78. The largest absolute Gasteiger partial charge is 0.497 e. The number of hydrogen-bond donors (Lipinski definition) is 1. The van der Waals surface area contributed by atoms with Gasteiger partial charge in [0, 0.05) is 6.54 Å². The molecule has 2 aromatic carbocycles. The molecule has 0 amide bonds. The van der Waals surface area contributed by atoms with Crippen molar-refractivity contribution in [1.29, 1.82) is 0 Å². The third-order valence-corrected chi connectivity index (χ3v) is 8.95. The van der Waals surface area contributed by atoms with Gasteiger partial charge >= 0.3 is 16.0 Å². The summed E-state index contributed by atoms with van der Waals surface area (Å²) in [5.74, 6) is -1.17. The minimum Gasteiger partial charge on any atom is -0.497 e. The number of methoxy groups -OCH3 is 1. The predicted octanol–water partition coefficient (Wildman–Crippen LogP) is 2.02. The average Bonchev–Trinajstić information content (AvgIpc) is 3.07. The molecule has 0 aliphatic carbocycles. The zero-order valence-electron chi connectivity index (χ0n) is 18.7. The normalized spacial score (nSPS) is 18.9. The molecule has 3 rings (SSSR count). The van der Waals surface area contributed by atoms with E-state index in [9.17, 15) is 31.5 Å². The quantitative estimate of drug-likeness (QED) is 0.412. The monoisotopic (exact) mass is 520 g/mol. The number of nitrogens with zero attached hydrogens (tertiary/aromatic N) is 2. The van der Waals surface area contributed by atoms with Gasteiger partial charge in [0.05, 0.1) is 23.7 Å². The molecule has 0 fully saturated rings. The topological polar surface area (TPSA) is 138 Å². The van der Waals surface area contributed by atoms with Gasteiger partial charge in [0.2, 0.25) is 10.0 Å². The first-order valence-corrected chi connectivity index (χ1v) is 13.2. The van der Waals surface area contributed by atoms with Crippen molar-refractivity contribution in [1.82, 2.24) is 4.31 Å². The Morgan fingerprint density at radius 3 is 2.23 bits per heavy atom. The van der Waals surface area contributed by atoms with Crippen molar-refractivity contribution in [3.8, 4) is 5.75 Å². The van der Waals surface area contributed by atoms with E-state index in [0.29, 0.717) is 16.1 Å². The third kappa shape index (κ3) is 5.14. The zero-order valence-corrected chi connectivity index (χ0v) is 20.4. The molecular formula is C23H24N2O8S2. The molecule has 1 heterocycles. The van der Waals surface area contributed by atoms with Crippen LogP contribution in [-0.4, -0.2) is 63.1 Å². The van der Waals surface area contributed by atoms with E-state index in [-0.39, 0.29) is 23.5 Å². The number of benzene rings is 2. The molecule has 1 aliphatic heterocycles. The molecular weight excluding hydrogens is 496 g/mol. The van der Waals surface area contributed by atoms with E-state index in [1.54, 1.807) is 6.07 Å². The summed E-state index contributed by atoms with van der Waals surface area (Å²) in [5, 5.41) is 8.83. The van der Waals surface area contributed by atoms with Gasteiger partial charge < -0.3 is 9.84 Å². The van der Waals surface area contributed by atoms with E-state index < -0.39 is 43.2 Å². The first kappa shape index (κ1) is 26.1. The lowest BCUT2D eigenvalue weighted by Gasteiger charge is -2.38. The Labute approximate surface area is 203 Å². The molecule has 0 bridgehead atoms.